The van der Waals surface area contributed by atoms with Gasteiger partial charge in [0.2, 0.25) is 5.91 Å². The molecule has 0 aromatic heterocycles. The SMILES string of the molecule is CCOc1ccc(C=NNC(=O)c2ccc(NC(=O)C3CCCCC3)cc2)cc1. The Bertz CT molecular complexity index is 839. The first-order valence-electron chi connectivity index (χ1n) is 10.1. The zero-order chi connectivity index (χ0) is 20.5. The van der Waals surface area contributed by atoms with Gasteiger partial charge in [-0.1, -0.05) is 19.3 Å². The molecule has 29 heavy (non-hydrogen) atoms. The number of nitrogens with zero attached hydrogens (tertiary/aromatic N) is 1. The molecule has 2 aromatic carbocycles. The van der Waals surface area contributed by atoms with Crippen molar-refractivity contribution >= 4 is 23.7 Å². The van der Waals surface area contributed by atoms with Crippen LogP contribution in [0.2, 0.25) is 0 Å². The summed E-state index contributed by atoms with van der Waals surface area (Å²) in [6.07, 6.45) is 6.95. The smallest absolute Gasteiger partial charge is 0.271 e. The largest absolute Gasteiger partial charge is 0.494 e. The number of hydrogen-bond donors (Lipinski definition) is 2. The number of hydrogen-bond acceptors (Lipinski definition) is 4. The molecule has 0 bridgehead atoms. The Labute approximate surface area is 171 Å². The monoisotopic (exact) mass is 393 g/mol. The second-order valence-electron chi connectivity index (χ2n) is 7.10. The van der Waals surface area contributed by atoms with Gasteiger partial charge in [0, 0.05) is 17.2 Å². The number of carbonyl (C=O) groups excluding carboxylic acids is 2. The van der Waals surface area contributed by atoms with Gasteiger partial charge in [-0.3, -0.25) is 9.59 Å². The third-order valence-electron chi connectivity index (χ3n) is 4.96. The van der Waals surface area contributed by atoms with Crippen LogP contribution in [0.4, 0.5) is 5.69 Å². The summed E-state index contributed by atoms with van der Waals surface area (Å²) >= 11 is 0. The highest BCUT2D eigenvalue weighted by molar-refractivity contribution is 5.96. The minimum Gasteiger partial charge on any atom is -0.494 e. The van der Waals surface area contributed by atoms with Crippen LogP contribution in [0.15, 0.2) is 53.6 Å². The number of carbonyl (C=O) groups is 2. The van der Waals surface area contributed by atoms with E-state index in [9.17, 15) is 9.59 Å². The Kier molecular flexibility index (Phi) is 7.39. The first kappa shape index (κ1) is 20.6. The van der Waals surface area contributed by atoms with E-state index in [4.69, 9.17) is 4.74 Å². The molecule has 2 aromatic rings. The standard InChI is InChI=1S/C23H27N3O3/c1-2-29-21-14-8-17(9-15-21)16-24-26-23(28)19-10-12-20(13-11-19)25-22(27)18-6-4-3-5-7-18/h8-16,18H,2-7H2,1H3,(H,25,27)(H,26,28). The number of ether oxygens (including phenoxy) is 1. The molecule has 152 valence electrons. The first-order valence-corrected chi connectivity index (χ1v) is 10.1. The quantitative estimate of drug-likeness (QED) is 0.541. The topological polar surface area (TPSA) is 79.8 Å². The number of anilines is 1. The van der Waals surface area contributed by atoms with Crippen LogP contribution >= 0.6 is 0 Å². The average Bonchev–Trinajstić information content (AvgIpc) is 2.76. The molecule has 0 saturated heterocycles. The van der Waals surface area contributed by atoms with E-state index in [2.05, 4.69) is 15.8 Å². The number of nitrogens with one attached hydrogen (secondary N) is 2. The molecule has 0 heterocycles. The molecule has 0 spiro atoms. The van der Waals surface area contributed by atoms with Crippen LogP contribution in [0.1, 0.15) is 54.9 Å². The fourth-order valence-corrected chi connectivity index (χ4v) is 3.36. The van der Waals surface area contributed by atoms with Crippen molar-refractivity contribution < 1.29 is 14.3 Å². The molecule has 0 unspecified atom stereocenters. The molecule has 3 rings (SSSR count). The molecular weight excluding hydrogens is 366 g/mol. The molecule has 6 heteroatoms. The second kappa shape index (κ2) is 10.4. The molecule has 6 nitrogen and oxygen atoms in total. The molecule has 1 aliphatic rings. The van der Waals surface area contributed by atoms with E-state index < -0.39 is 0 Å². The summed E-state index contributed by atoms with van der Waals surface area (Å²) in [4.78, 5) is 24.5. The van der Waals surface area contributed by atoms with Crippen molar-refractivity contribution in [3.63, 3.8) is 0 Å². The van der Waals surface area contributed by atoms with Crippen LogP contribution in [-0.4, -0.2) is 24.6 Å². The molecule has 0 atom stereocenters. The predicted octanol–water partition coefficient (Wildman–Crippen LogP) is 4.37. The van der Waals surface area contributed by atoms with Gasteiger partial charge in [-0.05, 0) is 73.9 Å². The van der Waals surface area contributed by atoms with Gasteiger partial charge in [0.05, 0.1) is 12.8 Å². The summed E-state index contributed by atoms with van der Waals surface area (Å²) in [7, 11) is 0. The minimum absolute atomic E-state index is 0.0712. The normalized spacial score (nSPS) is 14.5. The molecule has 0 radical (unpaired) electrons. The van der Waals surface area contributed by atoms with E-state index in [0.717, 1.165) is 37.0 Å². The second-order valence-corrected chi connectivity index (χ2v) is 7.10. The molecule has 1 aliphatic carbocycles. The highest BCUT2D eigenvalue weighted by Gasteiger charge is 2.21. The summed E-state index contributed by atoms with van der Waals surface area (Å²) in [5, 5.41) is 6.94. The Hall–Kier alpha value is -3.15. The van der Waals surface area contributed by atoms with Crippen LogP contribution < -0.4 is 15.5 Å². The first-order chi connectivity index (χ1) is 14.2. The lowest BCUT2D eigenvalue weighted by molar-refractivity contribution is -0.120. The van der Waals surface area contributed by atoms with Crippen LogP contribution in [0, 0.1) is 5.92 Å². The zero-order valence-electron chi connectivity index (χ0n) is 16.7. The van der Waals surface area contributed by atoms with Gasteiger partial charge in [-0.15, -0.1) is 0 Å². The summed E-state index contributed by atoms with van der Waals surface area (Å²) in [6.45, 7) is 2.55. The van der Waals surface area contributed by atoms with Gasteiger partial charge >= 0.3 is 0 Å². The van der Waals surface area contributed by atoms with Crippen molar-refractivity contribution in [3.05, 3.63) is 59.7 Å². The van der Waals surface area contributed by atoms with Crippen LogP contribution in [-0.2, 0) is 4.79 Å². The third-order valence-corrected chi connectivity index (χ3v) is 4.96. The Morgan fingerprint density at radius 3 is 2.38 bits per heavy atom. The van der Waals surface area contributed by atoms with Gasteiger partial charge in [0.25, 0.3) is 5.91 Å². The predicted molar refractivity (Wildman–Crippen MR) is 114 cm³/mol. The fraction of sp³-hybridized carbons (Fsp3) is 0.348. The van der Waals surface area contributed by atoms with Gasteiger partial charge in [-0.25, -0.2) is 5.43 Å². The molecular formula is C23H27N3O3. The lowest BCUT2D eigenvalue weighted by Crippen LogP contribution is -2.24. The summed E-state index contributed by atoms with van der Waals surface area (Å²) in [5.41, 5.74) is 4.55. The minimum atomic E-state index is -0.308. The third kappa shape index (κ3) is 6.17. The van der Waals surface area contributed by atoms with E-state index in [1.807, 2.05) is 31.2 Å². The van der Waals surface area contributed by atoms with Crippen LogP contribution in [0.25, 0.3) is 0 Å². The maximum Gasteiger partial charge on any atom is 0.271 e. The molecule has 2 N–H and O–H groups in total. The highest BCUT2D eigenvalue weighted by Crippen LogP contribution is 2.25. The molecule has 1 fully saturated rings. The van der Waals surface area contributed by atoms with Crippen molar-refractivity contribution in [3.8, 4) is 5.75 Å². The number of amides is 2. The van der Waals surface area contributed by atoms with Gasteiger partial charge < -0.3 is 10.1 Å². The lowest BCUT2D eigenvalue weighted by Gasteiger charge is -2.20. The van der Waals surface area contributed by atoms with E-state index in [0.29, 0.717) is 17.9 Å². The van der Waals surface area contributed by atoms with Crippen LogP contribution in [0.3, 0.4) is 0 Å². The number of hydrazone groups is 1. The Morgan fingerprint density at radius 2 is 1.72 bits per heavy atom. The van der Waals surface area contributed by atoms with Gasteiger partial charge in [0.15, 0.2) is 0 Å². The van der Waals surface area contributed by atoms with Gasteiger partial charge in [0.1, 0.15) is 5.75 Å². The maximum absolute atomic E-state index is 12.3. The maximum atomic E-state index is 12.3. The Morgan fingerprint density at radius 1 is 1.03 bits per heavy atom. The summed E-state index contributed by atoms with van der Waals surface area (Å²) in [6, 6.07) is 14.3. The molecule has 1 saturated carbocycles. The fourth-order valence-electron chi connectivity index (χ4n) is 3.36. The van der Waals surface area contributed by atoms with E-state index >= 15 is 0 Å². The van der Waals surface area contributed by atoms with E-state index in [1.54, 1.807) is 30.5 Å². The van der Waals surface area contributed by atoms with Gasteiger partial charge in [-0.2, -0.15) is 5.10 Å². The molecule has 0 aliphatic heterocycles. The number of rotatable bonds is 7. The van der Waals surface area contributed by atoms with Crippen LogP contribution in [0.5, 0.6) is 5.75 Å². The average molecular weight is 393 g/mol. The van der Waals surface area contributed by atoms with Crippen molar-refractivity contribution in [1.29, 1.82) is 0 Å². The van der Waals surface area contributed by atoms with E-state index in [-0.39, 0.29) is 17.7 Å². The molecule has 2 amide bonds. The number of benzene rings is 2. The zero-order valence-corrected chi connectivity index (χ0v) is 16.7. The lowest BCUT2D eigenvalue weighted by atomic mass is 9.88. The highest BCUT2D eigenvalue weighted by atomic mass is 16.5. The van der Waals surface area contributed by atoms with E-state index in [1.165, 1.54) is 6.42 Å². The summed E-state index contributed by atoms with van der Waals surface area (Å²) < 4.78 is 5.39. The van der Waals surface area contributed by atoms with Crippen molar-refractivity contribution in [2.45, 2.75) is 39.0 Å². The Balaban J connectivity index is 1.49. The summed E-state index contributed by atoms with van der Waals surface area (Å²) in [5.74, 6) is 0.659. The van der Waals surface area contributed by atoms with Crippen molar-refractivity contribution in [2.24, 2.45) is 11.0 Å². The van der Waals surface area contributed by atoms with Crippen molar-refractivity contribution in [2.75, 3.05) is 11.9 Å². The van der Waals surface area contributed by atoms with Crippen molar-refractivity contribution in [1.82, 2.24) is 5.43 Å².